The molecule has 3 rings (SSSR count). The first kappa shape index (κ1) is 15.4. The minimum Gasteiger partial charge on any atom is -0.261 e. The van der Waals surface area contributed by atoms with Crippen molar-refractivity contribution >= 4 is 17.0 Å². The van der Waals surface area contributed by atoms with Crippen LogP contribution in [-0.2, 0) is 0 Å². The van der Waals surface area contributed by atoms with Gasteiger partial charge in [0.1, 0.15) is 0 Å². The number of benzene rings is 2. The van der Waals surface area contributed by atoms with Gasteiger partial charge in [0.05, 0.1) is 11.4 Å². The molecule has 0 bridgehead atoms. The van der Waals surface area contributed by atoms with Gasteiger partial charge in [-0.25, -0.2) is 4.68 Å². The van der Waals surface area contributed by atoms with E-state index in [-0.39, 0.29) is 0 Å². The van der Waals surface area contributed by atoms with E-state index in [2.05, 4.69) is 53.7 Å². The maximum absolute atomic E-state index is 4.81. The molecule has 0 aliphatic heterocycles. The highest BCUT2D eigenvalue weighted by atomic mass is 32.1. The van der Waals surface area contributed by atoms with E-state index in [1.807, 2.05) is 29.8 Å². The van der Waals surface area contributed by atoms with Gasteiger partial charge >= 0.3 is 0 Å². The minimum absolute atomic E-state index is 0.885. The van der Waals surface area contributed by atoms with E-state index in [0.717, 1.165) is 27.3 Å². The first-order valence-corrected chi connectivity index (χ1v) is 8.38. The van der Waals surface area contributed by atoms with Crippen LogP contribution in [0.15, 0.2) is 70.1 Å². The van der Waals surface area contributed by atoms with Crippen LogP contribution in [-0.4, -0.2) is 17.4 Å². The summed E-state index contributed by atoms with van der Waals surface area (Å²) in [6.45, 7) is 4.12. The fourth-order valence-corrected chi connectivity index (χ4v) is 3.15. The Morgan fingerprint density at radius 1 is 1.00 bits per heavy atom. The molecule has 0 amide bonds. The molecule has 4 heteroatoms. The van der Waals surface area contributed by atoms with E-state index in [4.69, 9.17) is 5.10 Å². The van der Waals surface area contributed by atoms with Crippen LogP contribution >= 0.6 is 11.3 Å². The van der Waals surface area contributed by atoms with Crippen molar-refractivity contribution in [2.45, 2.75) is 13.8 Å². The Morgan fingerprint density at radius 2 is 1.70 bits per heavy atom. The predicted molar refractivity (Wildman–Crippen MR) is 98.0 cm³/mol. The average Bonchev–Trinajstić information content (AvgIpc) is 2.99. The Bertz CT molecular complexity index is 884. The fourth-order valence-electron chi connectivity index (χ4n) is 2.36. The molecule has 0 aliphatic carbocycles. The zero-order chi connectivity index (χ0) is 16.2. The summed E-state index contributed by atoms with van der Waals surface area (Å²) < 4.78 is 1.93. The van der Waals surface area contributed by atoms with Gasteiger partial charge in [0.25, 0.3) is 0 Å². The zero-order valence-electron chi connectivity index (χ0n) is 13.5. The largest absolute Gasteiger partial charge is 0.261 e. The lowest BCUT2D eigenvalue weighted by atomic mass is 10.1. The highest BCUT2D eigenvalue weighted by molar-refractivity contribution is 7.07. The summed E-state index contributed by atoms with van der Waals surface area (Å²) in [6, 6.07) is 18.7. The van der Waals surface area contributed by atoms with Gasteiger partial charge in [-0.2, -0.15) is 5.10 Å². The van der Waals surface area contributed by atoms with Crippen LogP contribution in [0.25, 0.3) is 11.3 Å². The average molecular weight is 321 g/mol. The van der Waals surface area contributed by atoms with Crippen LogP contribution in [0.2, 0.25) is 0 Å². The van der Waals surface area contributed by atoms with Crippen LogP contribution in [0.4, 0.5) is 0 Å². The second-order valence-corrected chi connectivity index (χ2v) is 6.19. The number of hydrogen-bond donors (Lipinski definition) is 0. The molecule has 0 atom stereocenters. The second-order valence-electron chi connectivity index (χ2n) is 5.36. The quantitative estimate of drug-likeness (QED) is 0.643. The van der Waals surface area contributed by atoms with E-state index >= 15 is 0 Å². The SMILES string of the molecule is CN=c1scc(-c2ccc(C)cc2)n1N=C(C)c1ccccc1. The fraction of sp³-hybridized carbons (Fsp3) is 0.158. The number of nitrogens with zero attached hydrogens (tertiary/aromatic N) is 3. The van der Waals surface area contributed by atoms with Crippen molar-refractivity contribution in [3.8, 4) is 11.3 Å². The molecule has 1 heterocycles. The number of rotatable bonds is 3. The monoisotopic (exact) mass is 321 g/mol. The summed E-state index contributed by atoms with van der Waals surface area (Å²) in [6.07, 6.45) is 0. The third-order valence-corrected chi connectivity index (χ3v) is 4.57. The molecule has 0 radical (unpaired) electrons. The summed E-state index contributed by atoms with van der Waals surface area (Å²) in [5, 5.41) is 6.91. The molecule has 3 nitrogen and oxygen atoms in total. The van der Waals surface area contributed by atoms with Crippen molar-refractivity contribution < 1.29 is 0 Å². The van der Waals surface area contributed by atoms with Gasteiger partial charge in [0.15, 0.2) is 0 Å². The third kappa shape index (κ3) is 3.32. The van der Waals surface area contributed by atoms with E-state index in [9.17, 15) is 0 Å². The Kier molecular flexibility index (Phi) is 4.53. The molecular formula is C19H19N3S. The normalized spacial score (nSPS) is 12.7. The molecule has 0 unspecified atom stereocenters. The van der Waals surface area contributed by atoms with Gasteiger partial charge in [-0.15, -0.1) is 11.3 Å². The van der Waals surface area contributed by atoms with Crippen molar-refractivity contribution in [2.75, 3.05) is 7.05 Å². The Morgan fingerprint density at radius 3 is 2.35 bits per heavy atom. The molecule has 3 aromatic rings. The van der Waals surface area contributed by atoms with E-state index in [1.54, 1.807) is 18.4 Å². The van der Waals surface area contributed by atoms with Gasteiger partial charge in [-0.1, -0.05) is 60.2 Å². The summed E-state index contributed by atoms with van der Waals surface area (Å²) in [4.78, 5) is 5.24. The first-order valence-electron chi connectivity index (χ1n) is 7.50. The van der Waals surface area contributed by atoms with E-state index in [0.29, 0.717) is 0 Å². The van der Waals surface area contributed by atoms with Gasteiger partial charge in [0.2, 0.25) is 4.80 Å². The Hall–Kier alpha value is -2.46. The molecule has 1 aromatic heterocycles. The van der Waals surface area contributed by atoms with Crippen molar-refractivity contribution in [3.63, 3.8) is 0 Å². The number of thiazole rings is 1. The molecule has 23 heavy (non-hydrogen) atoms. The topological polar surface area (TPSA) is 29.6 Å². The maximum atomic E-state index is 4.81. The number of hydrogen-bond acceptors (Lipinski definition) is 3. The lowest BCUT2D eigenvalue weighted by Gasteiger charge is -2.06. The predicted octanol–water partition coefficient (Wildman–Crippen LogP) is 4.33. The lowest BCUT2D eigenvalue weighted by molar-refractivity contribution is 0.842. The summed E-state index contributed by atoms with van der Waals surface area (Å²) in [5.41, 5.74) is 5.53. The highest BCUT2D eigenvalue weighted by Crippen LogP contribution is 2.21. The van der Waals surface area contributed by atoms with Crippen LogP contribution in [0.3, 0.4) is 0 Å². The van der Waals surface area contributed by atoms with Crippen molar-refractivity contribution in [3.05, 3.63) is 75.9 Å². The molecule has 0 saturated heterocycles. The van der Waals surface area contributed by atoms with Crippen molar-refractivity contribution in [1.29, 1.82) is 0 Å². The van der Waals surface area contributed by atoms with Crippen LogP contribution in [0.1, 0.15) is 18.1 Å². The van der Waals surface area contributed by atoms with Gasteiger partial charge in [0, 0.05) is 18.0 Å². The Labute approximate surface area is 140 Å². The molecule has 0 aliphatic rings. The molecule has 0 N–H and O–H groups in total. The minimum atomic E-state index is 0.885. The van der Waals surface area contributed by atoms with E-state index in [1.165, 1.54) is 5.56 Å². The molecule has 2 aromatic carbocycles. The van der Waals surface area contributed by atoms with Crippen LogP contribution in [0, 0.1) is 6.92 Å². The summed E-state index contributed by atoms with van der Waals surface area (Å²) >= 11 is 1.60. The van der Waals surface area contributed by atoms with Gasteiger partial charge in [-0.05, 0) is 19.4 Å². The summed E-state index contributed by atoms with van der Waals surface area (Å²) in [7, 11) is 1.80. The van der Waals surface area contributed by atoms with Gasteiger partial charge < -0.3 is 0 Å². The Balaban J connectivity index is 2.12. The molecule has 0 spiro atoms. The summed E-state index contributed by atoms with van der Waals surface area (Å²) in [5.74, 6) is 0. The second kappa shape index (κ2) is 6.75. The third-order valence-electron chi connectivity index (χ3n) is 3.67. The molecule has 0 saturated carbocycles. The highest BCUT2D eigenvalue weighted by Gasteiger charge is 2.08. The maximum Gasteiger partial charge on any atom is 0.205 e. The smallest absolute Gasteiger partial charge is 0.205 e. The van der Waals surface area contributed by atoms with Gasteiger partial charge in [-0.3, -0.25) is 4.99 Å². The lowest BCUT2D eigenvalue weighted by Crippen LogP contribution is -2.13. The van der Waals surface area contributed by atoms with Crippen molar-refractivity contribution in [2.24, 2.45) is 10.1 Å². The first-order chi connectivity index (χ1) is 11.2. The number of aromatic nitrogens is 1. The van der Waals surface area contributed by atoms with Crippen LogP contribution in [0.5, 0.6) is 0 Å². The molecule has 116 valence electrons. The number of aryl methyl sites for hydroxylation is 1. The van der Waals surface area contributed by atoms with Crippen molar-refractivity contribution in [1.82, 2.24) is 4.68 Å². The zero-order valence-corrected chi connectivity index (χ0v) is 14.3. The van der Waals surface area contributed by atoms with Crippen LogP contribution < -0.4 is 4.80 Å². The molecular weight excluding hydrogens is 302 g/mol. The standard InChI is InChI=1S/C19H19N3S/c1-14-9-11-17(12-10-14)18-13-23-19(20-3)22(18)21-15(2)16-7-5-4-6-8-16/h4-13H,1-3H3. The molecule has 0 fully saturated rings. The van der Waals surface area contributed by atoms with E-state index < -0.39 is 0 Å².